The summed E-state index contributed by atoms with van der Waals surface area (Å²) in [5.74, 6) is -1.53. The molecular formula is C18H15ClF3N3O4. The molecule has 0 fully saturated rings. The number of carbonyl (C=O) groups is 2. The number of hydrogen-bond acceptors (Lipinski definition) is 4. The van der Waals surface area contributed by atoms with Crippen LogP contribution in [-0.4, -0.2) is 34.7 Å². The van der Waals surface area contributed by atoms with Crippen molar-refractivity contribution >= 4 is 34.8 Å². The number of nitro benzene ring substituents is 1. The zero-order valence-corrected chi connectivity index (χ0v) is 15.8. The Balaban J connectivity index is 2.17. The van der Waals surface area contributed by atoms with Crippen LogP contribution in [0.2, 0.25) is 5.02 Å². The number of halogens is 4. The summed E-state index contributed by atoms with van der Waals surface area (Å²) in [7, 11) is 0. The average molecular weight is 430 g/mol. The van der Waals surface area contributed by atoms with E-state index in [1.165, 1.54) is 12.1 Å². The summed E-state index contributed by atoms with van der Waals surface area (Å²) >= 11 is 5.93. The Morgan fingerprint density at radius 3 is 2.41 bits per heavy atom. The van der Waals surface area contributed by atoms with Gasteiger partial charge in [0.15, 0.2) is 0 Å². The molecule has 0 spiro atoms. The van der Waals surface area contributed by atoms with E-state index in [4.69, 9.17) is 11.6 Å². The van der Waals surface area contributed by atoms with E-state index in [1.807, 2.05) is 0 Å². The Morgan fingerprint density at radius 2 is 1.86 bits per heavy atom. The molecule has 0 aliphatic rings. The van der Waals surface area contributed by atoms with Gasteiger partial charge >= 0.3 is 6.18 Å². The van der Waals surface area contributed by atoms with E-state index >= 15 is 0 Å². The van der Waals surface area contributed by atoms with Gasteiger partial charge in [0.25, 0.3) is 11.6 Å². The highest BCUT2D eigenvalue weighted by molar-refractivity contribution is 6.34. The van der Waals surface area contributed by atoms with Gasteiger partial charge in [-0.05, 0) is 25.1 Å². The van der Waals surface area contributed by atoms with Gasteiger partial charge in [-0.1, -0.05) is 23.7 Å². The predicted molar refractivity (Wildman–Crippen MR) is 99.8 cm³/mol. The van der Waals surface area contributed by atoms with E-state index in [0.717, 1.165) is 35.2 Å². The summed E-state index contributed by atoms with van der Waals surface area (Å²) in [4.78, 5) is 36.0. The summed E-state index contributed by atoms with van der Waals surface area (Å²) in [6.45, 7) is 1.09. The Labute approximate surface area is 168 Å². The molecule has 0 unspecified atom stereocenters. The number of nitrogens with one attached hydrogen (secondary N) is 1. The second-order valence-electron chi connectivity index (χ2n) is 5.83. The molecule has 0 saturated carbocycles. The molecule has 7 nitrogen and oxygen atoms in total. The number of amides is 2. The minimum Gasteiger partial charge on any atom is -0.330 e. The minimum absolute atomic E-state index is 0.0560. The number of likely N-dealkylation sites (N-methyl/N-ethyl adjacent to an activating group) is 1. The number of para-hydroxylation sites is 1. The Hall–Kier alpha value is -3.14. The molecule has 0 aromatic heterocycles. The van der Waals surface area contributed by atoms with Crippen LogP contribution in [0.25, 0.3) is 0 Å². The molecule has 0 radical (unpaired) electrons. The Bertz CT molecular complexity index is 950. The maximum atomic E-state index is 13.0. The van der Waals surface area contributed by atoms with E-state index in [9.17, 15) is 32.9 Å². The van der Waals surface area contributed by atoms with Crippen molar-refractivity contribution in [2.24, 2.45) is 0 Å². The fourth-order valence-corrected chi connectivity index (χ4v) is 2.75. The SMILES string of the molecule is CCN(CC(=O)Nc1ccccc1C(F)(F)F)C(=O)c1ccc([N+](=O)[O-])cc1Cl. The molecule has 0 saturated heterocycles. The number of alkyl halides is 3. The maximum Gasteiger partial charge on any atom is 0.418 e. The first-order valence-electron chi connectivity index (χ1n) is 8.24. The summed E-state index contributed by atoms with van der Waals surface area (Å²) in [5, 5.41) is 12.7. The molecule has 2 aromatic carbocycles. The molecule has 0 aliphatic heterocycles. The van der Waals surface area contributed by atoms with Crippen LogP contribution in [0.15, 0.2) is 42.5 Å². The third-order valence-corrected chi connectivity index (χ3v) is 4.22. The molecule has 1 N–H and O–H groups in total. The average Bonchev–Trinajstić information content (AvgIpc) is 2.65. The topological polar surface area (TPSA) is 92.6 Å². The van der Waals surface area contributed by atoms with Gasteiger partial charge in [0.05, 0.1) is 26.8 Å². The van der Waals surface area contributed by atoms with Crippen molar-refractivity contribution in [3.8, 4) is 0 Å². The van der Waals surface area contributed by atoms with Gasteiger partial charge in [-0.2, -0.15) is 13.2 Å². The van der Waals surface area contributed by atoms with Gasteiger partial charge in [-0.25, -0.2) is 0 Å². The number of hydrogen-bond donors (Lipinski definition) is 1. The van der Waals surface area contributed by atoms with Crippen molar-refractivity contribution in [2.45, 2.75) is 13.1 Å². The predicted octanol–water partition coefficient (Wildman–Crippen LogP) is 4.37. The lowest BCUT2D eigenvalue weighted by Crippen LogP contribution is -2.38. The van der Waals surface area contributed by atoms with E-state index in [2.05, 4.69) is 5.32 Å². The number of nitro groups is 1. The first kappa shape index (κ1) is 22.2. The van der Waals surface area contributed by atoms with Gasteiger partial charge in [0, 0.05) is 18.7 Å². The highest BCUT2D eigenvalue weighted by Gasteiger charge is 2.33. The zero-order valence-electron chi connectivity index (χ0n) is 15.0. The highest BCUT2D eigenvalue weighted by Crippen LogP contribution is 2.34. The quantitative estimate of drug-likeness (QED) is 0.545. The summed E-state index contributed by atoms with van der Waals surface area (Å²) in [6, 6.07) is 7.71. The van der Waals surface area contributed by atoms with Crippen molar-refractivity contribution in [3.63, 3.8) is 0 Å². The van der Waals surface area contributed by atoms with Crippen LogP contribution < -0.4 is 5.32 Å². The zero-order chi connectivity index (χ0) is 21.8. The normalized spacial score (nSPS) is 11.1. The number of benzene rings is 2. The molecule has 0 atom stereocenters. The van der Waals surface area contributed by atoms with Crippen molar-refractivity contribution in [3.05, 3.63) is 68.7 Å². The van der Waals surface area contributed by atoms with Crippen LogP contribution in [0.5, 0.6) is 0 Å². The van der Waals surface area contributed by atoms with Gasteiger partial charge in [0.1, 0.15) is 6.54 Å². The molecule has 11 heteroatoms. The molecule has 2 rings (SSSR count). The van der Waals surface area contributed by atoms with Gasteiger partial charge in [-0.3, -0.25) is 19.7 Å². The Kier molecular flexibility index (Phi) is 6.80. The number of nitrogens with zero attached hydrogens (tertiary/aromatic N) is 2. The van der Waals surface area contributed by atoms with Crippen molar-refractivity contribution in [1.82, 2.24) is 4.90 Å². The molecule has 29 heavy (non-hydrogen) atoms. The molecule has 0 aliphatic carbocycles. The van der Waals surface area contributed by atoms with Crippen LogP contribution in [0, 0.1) is 10.1 Å². The van der Waals surface area contributed by atoms with E-state index in [1.54, 1.807) is 6.92 Å². The molecule has 2 aromatic rings. The van der Waals surface area contributed by atoms with Gasteiger partial charge < -0.3 is 10.2 Å². The van der Waals surface area contributed by atoms with Crippen LogP contribution in [-0.2, 0) is 11.0 Å². The lowest BCUT2D eigenvalue weighted by Gasteiger charge is -2.21. The third-order valence-electron chi connectivity index (χ3n) is 3.90. The minimum atomic E-state index is -4.66. The van der Waals surface area contributed by atoms with E-state index < -0.39 is 40.7 Å². The lowest BCUT2D eigenvalue weighted by molar-refractivity contribution is -0.384. The summed E-state index contributed by atoms with van der Waals surface area (Å²) in [6.07, 6.45) is -4.66. The molecule has 154 valence electrons. The molecule has 0 bridgehead atoms. The Morgan fingerprint density at radius 1 is 1.21 bits per heavy atom. The monoisotopic (exact) mass is 429 g/mol. The fourth-order valence-electron chi connectivity index (χ4n) is 2.49. The number of rotatable bonds is 6. The van der Waals surface area contributed by atoms with Gasteiger partial charge in [0.2, 0.25) is 5.91 Å². The first-order chi connectivity index (χ1) is 13.5. The third kappa shape index (κ3) is 5.44. The number of carbonyl (C=O) groups excluding carboxylic acids is 2. The van der Waals surface area contributed by atoms with Crippen molar-refractivity contribution in [1.29, 1.82) is 0 Å². The summed E-state index contributed by atoms with van der Waals surface area (Å²) < 4.78 is 39.1. The largest absolute Gasteiger partial charge is 0.418 e. The smallest absolute Gasteiger partial charge is 0.330 e. The van der Waals surface area contributed by atoms with Crippen LogP contribution in [0.3, 0.4) is 0 Å². The fraction of sp³-hybridized carbons (Fsp3) is 0.222. The van der Waals surface area contributed by atoms with Gasteiger partial charge in [-0.15, -0.1) is 0 Å². The molecule has 0 heterocycles. The summed E-state index contributed by atoms with van der Waals surface area (Å²) in [5.41, 5.74) is -1.82. The second-order valence-corrected chi connectivity index (χ2v) is 6.24. The van der Waals surface area contributed by atoms with Crippen molar-refractivity contribution in [2.75, 3.05) is 18.4 Å². The first-order valence-corrected chi connectivity index (χ1v) is 8.61. The standard InChI is InChI=1S/C18H15ClF3N3O4/c1-2-24(17(27)12-8-7-11(25(28)29)9-14(12)19)10-16(26)23-15-6-4-3-5-13(15)18(20,21)22/h3-9H,2,10H2,1H3,(H,23,26). The molecular weight excluding hydrogens is 415 g/mol. The second kappa shape index (κ2) is 8.91. The van der Waals surface area contributed by atoms with Crippen LogP contribution in [0.4, 0.5) is 24.5 Å². The molecule has 2 amide bonds. The number of anilines is 1. The lowest BCUT2D eigenvalue weighted by atomic mass is 10.1. The van der Waals surface area contributed by atoms with Crippen molar-refractivity contribution < 1.29 is 27.7 Å². The highest BCUT2D eigenvalue weighted by atomic mass is 35.5. The maximum absolute atomic E-state index is 13.0. The van der Waals surface area contributed by atoms with Crippen LogP contribution >= 0.6 is 11.6 Å². The number of non-ortho nitro benzene ring substituents is 1. The van der Waals surface area contributed by atoms with E-state index in [0.29, 0.717) is 0 Å². The van der Waals surface area contributed by atoms with Crippen LogP contribution in [0.1, 0.15) is 22.8 Å². The van der Waals surface area contributed by atoms with E-state index in [-0.39, 0.29) is 22.8 Å².